The Morgan fingerprint density at radius 1 is 1.47 bits per heavy atom. The standard InChI is InChI=1S/C13H14BrNO4/c1-18-7-11(13(17)19-2)15-6-8-3-4-9(14)5-10(8)12(15)16/h3-5,11H,6-7H2,1-2H3/t11-/m0/s1. The molecule has 102 valence electrons. The molecule has 0 spiro atoms. The maximum Gasteiger partial charge on any atom is 0.331 e. The molecule has 1 heterocycles. The number of halogens is 1. The third-order valence-corrected chi connectivity index (χ3v) is 3.57. The summed E-state index contributed by atoms with van der Waals surface area (Å²) in [4.78, 5) is 25.6. The Hall–Kier alpha value is -1.40. The van der Waals surface area contributed by atoms with Crippen LogP contribution in [0.1, 0.15) is 15.9 Å². The Labute approximate surface area is 119 Å². The van der Waals surface area contributed by atoms with Crippen LogP contribution in [0.3, 0.4) is 0 Å². The quantitative estimate of drug-likeness (QED) is 0.788. The van der Waals surface area contributed by atoms with Crippen LogP contribution in [0.2, 0.25) is 0 Å². The number of hydrogen-bond donors (Lipinski definition) is 0. The van der Waals surface area contributed by atoms with Crippen molar-refractivity contribution >= 4 is 27.8 Å². The van der Waals surface area contributed by atoms with Gasteiger partial charge in [-0.3, -0.25) is 4.79 Å². The Morgan fingerprint density at radius 2 is 2.21 bits per heavy atom. The molecule has 0 bridgehead atoms. The maximum absolute atomic E-state index is 12.3. The molecule has 19 heavy (non-hydrogen) atoms. The van der Waals surface area contributed by atoms with Gasteiger partial charge in [0.2, 0.25) is 0 Å². The lowest BCUT2D eigenvalue weighted by atomic mass is 10.1. The third-order valence-electron chi connectivity index (χ3n) is 3.08. The largest absolute Gasteiger partial charge is 0.467 e. The molecule has 5 nitrogen and oxygen atoms in total. The van der Waals surface area contributed by atoms with Crippen LogP contribution in [0.5, 0.6) is 0 Å². The average molecular weight is 328 g/mol. The number of esters is 1. The van der Waals surface area contributed by atoms with Gasteiger partial charge in [0.25, 0.3) is 5.91 Å². The highest BCUT2D eigenvalue weighted by Gasteiger charge is 2.37. The van der Waals surface area contributed by atoms with Crippen LogP contribution in [-0.2, 0) is 20.8 Å². The molecule has 0 aromatic heterocycles. The molecule has 0 aliphatic carbocycles. The predicted octanol–water partition coefficient (Wildman–Crippen LogP) is 1.59. The van der Waals surface area contributed by atoms with Crippen molar-refractivity contribution in [2.45, 2.75) is 12.6 Å². The van der Waals surface area contributed by atoms with Crippen LogP contribution in [0.25, 0.3) is 0 Å². The summed E-state index contributed by atoms with van der Waals surface area (Å²) in [6.45, 7) is 0.512. The Bertz CT molecular complexity index is 517. The second-order valence-corrected chi connectivity index (χ2v) is 5.14. The first-order chi connectivity index (χ1) is 9.08. The number of hydrogen-bond acceptors (Lipinski definition) is 4. The Kier molecular flexibility index (Phi) is 4.21. The third kappa shape index (κ3) is 2.64. The monoisotopic (exact) mass is 327 g/mol. The van der Waals surface area contributed by atoms with E-state index in [0.717, 1.165) is 10.0 Å². The summed E-state index contributed by atoms with van der Waals surface area (Å²) < 4.78 is 10.6. The molecule has 6 heteroatoms. The minimum Gasteiger partial charge on any atom is -0.467 e. The molecular weight excluding hydrogens is 314 g/mol. The highest BCUT2D eigenvalue weighted by atomic mass is 79.9. The van der Waals surface area contributed by atoms with Crippen LogP contribution in [0.15, 0.2) is 22.7 Å². The second-order valence-electron chi connectivity index (χ2n) is 4.23. The van der Waals surface area contributed by atoms with E-state index in [1.165, 1.54) is 19.1 Å². The molecule has 1 aromatic carbocycles. The van der Waals surface area contributed by atoms with Crippen LogP contribution < -0.4 is 0 Å². The van der Waals surface area contributed by atoms with Crippen molar-refractivity contribution in [2.75, 3.05) is 20.8 Å². The van der Waals surface area contributed by atoms with Crippen molar-refractivity contribution < 1.29 is 19.1 Å². The van der Waals surface area contributed by atoms with Gasteiger partial charge in [0.1, 0.15) is 0 Å². The highest BCUT2D eigenvalue weighted by Crippen LogP contribution is 2.27. The molecule has 1 aliphatic heterocycles. The van der Waals surface area contributed by atoms with Crippen molar-refractivity contribution in [3.63, 3.8) is 0 Å². The summed E-state index contributed by atoms with van der Waals surface area (Å²) in [5, 5.41) is 0. The molecule has 1 aliphatic rings. The molecule has 0 saturated heterocycles. The topological polar surface area (TPSA) is 55.8 Å². The fourth-order valence-corrected chi connectivity index (χ4v) is 2.49. The molecule has 0 N–H and O–H groups in total. The summed E-state index contributed by atoms with van der Waals surface area (Å²) in [6.07, 6.45) is 0. The van der Waals surface area contributed by atoms with Crippen molar-refractivity contribution in [3.05, 3.63) is 33.8 Å². The summed E-state index contributed by atoms with van der Waals surface area (Å²) in [6, 6.07) is 4.80. The van der Waals surface area contributed by atoms with Gasteiger partial charge in [-0.1, -0.05) is 22.0 Å². The number of methoxy groups -OCH3 is 2. The summed E-state index contributed by atoms with van der Waals surface area (Å²) >= 11 is 3.34. The molecule has 1 atom stereocenters. The van der Waals surface area contributed by atoms with E-state index in [0.29, 0.717) is 12.1 Å². The van der Waals surface area contributed by atoms with Gasteiger partial charge in [0, 0.05) is 23.7 Å². The van der Waals surface area contributed by atoms with E-state index in [9.17, 15) is 9.59 Å². The van der Waals surface area contributed by atoms with Crippen LogP contribution in [0, 0.1) is 0 Å². The number of ether oxygens (including phenoxy) is 2. The smallest absolute Gasteiger partial charge is 0.331 e. The summed E-state index contributed by atoms with van der Waals surface area (Å²) in [7, 11) is 2.79. The molecular formula is C13H14BrNO4. The molecule has 0 saturated carbocycles. The highest BCUT2D eigenvalue weighted by molar-refractivity contribution is 9.10. The zero-order valence-electron chi connectivity index (χ0n) is 10.7. The van der Waals surface area contributed by atoms with E-state index in [1.54, 1.807) is 6.07 Å². The van der Waals surface area contributed by atoms with Gasteiger partial charge in [0.05, 0.1) is 13.7 Å². The lowest BCUT2D eigenvalue weighted by molar-refractivity contribution is -0.148. The van der Waals surface area contributed by atoms with E-state index in [4.69, 9.17) is 9.47 Å². The first-order valence-electron chi connectivity index (χ1n) is 5.74. The zero-order valence-corrected chi connectivity index (χ0v) is 12.3. The molecule has 0 radical (unpaired) electrons. The lowest BCUT2D eigenvalue weighted by Crippen LogP contribution is -2.45. The number of rotatable bonds is 4. The Balaban J connectivity index is 2.28. The van der Waals surface area contributed by atoms with E-state index in [-0.39, 0.29) is 12.5 Å². The molecule has 0 unspecified atom stereocenters. The van der Waals surface area contributed by atoms with Crippen LogP contribution in [-0.4, -0.2) is 43.6 Å². The number of amides is 1. The van der Waals surface area contributed by atoms with Crippen molar-refractivity contribution in [2.24, 2.45) is 0 Å². The number of benzene rings is 1. The Morgan fingerprint density at radius 3 is 2.84 bits per heavy atom. The van der Waals surface area contributed by atoms with E-state index in [2.05, 4.69) is 15.9 Å². The minimum absolute atomic E-state index is 0.119. The van der Waals surface area contributed by atoms with Crippen LogP contribution >= 0.6 is 15.9 Å². The SMILES string of the molecule is COC[C@@H](C(=O)OC)N1Cc2ccc(Br)cc2C1=O. The normalized spacial score (nSPS) is 15.3. The number of fused-ring (bicyclic) bond motifs is 1. The van der Waals surface area contributed by atoms with Crippen LogP contribution in [0.4, 0.5) is 0 Å². The molecule has 1 amide bonds. The van der Waals surface area contributed by atoms with Gasteiger partial charge >= 0.3 is 5.97 Å². The average Bonchev–Trinajstić information content (AvgIpc) is 2.72. The summed E-state index contributed by atoms with van der Waals surface area (Å²) in [5.74, 6) is -0.647. The predicted molar refractivity (Wildman–Crippen MR) is 71.7 cm³/mol. The van der Waals surface area contributed by atoms with E-state index in [1.807, 2.05) is 12.1 Å². The lowest BCUT2D eigenvalue weighted by Gasteiger charge is -2.24. The van der Waals surface area contributed by atoms with Gasteiger partial charge in [-0.25, -0.2) is 4.79 Å². The van der Waals surface area contributed by atoms with Gasteiger partial charge in [0.15, 0.2) is 6.04 Å². The van der Waals surface area contributed by atoms with Crippen molar-refractivity contribution in [1.29, 1.82) is 0 Å². The van der Waals surface area contributed by atoms with E-state index >= 15 is 0 Å². The molecule has 0 fully saturated rings. The first-order valence-corrected chi connectivity index (χ1v) is 6.54. The minimum atomic E-state index is -0.714. The van der Waals surface area contributed by atoms with Gasteiger partial charge in [-0.15, -0.1) is 0 Å². The first kappa shape index (κ1) is 14.0. The van der Waals surface area contributed by atoms with Crippen molar-refractivity contribution in [3.8, 4) is 0 Å². The zero-order chi connectivity index (χ0) is 14.0. The number of nitrogens with zero attached hydrogens (tertiary/aromatic N) is 1. The fraction of sp³-hybridized carbons (Fsp3) is 0.385. The molecule has 1 aromatic rings. The molecule has 2 rings (SSSR count). The van der Waals surface area contributed by atoms with Gasteiger partial charge in [-0.2, -0.15) is 0 Å². The van der Waals surface area contributed by atoms with Gasteiger partial charge in [-0.05, 0) is 17.7 Å². The fourth-order valence-electron chi connectivity index (χ4n) is 2.13. The number of carbonyl (C=O) groups is 2. The van der Waals surface area contributed by atoms with E-state index < -0.39 is 12.0 Å². The number of carbonyl (C=O) groups excluding carboxylic acids is 2. The second kappa shape index (κ2) is 5.71. The maximum atomic E-state index is 12.3. The van der Waals surface area contributed by atoms with Gasteiger partial charge < -0.3 is 14.4 Å². The van der Waals surface area contributed by atoms with Crippen molar-refractivity contribution in [1.82, 2.24) is 4.90 Å². The summed E-state index contributed by atoms with van der Waals surface area (Å²) in [5.41, 5.74) is 1.51.